The highest BCUT2D eigenvalue weighted by Gasteiger charge is 2.15. The number of nitro benzene ring substituents is 1. The summed E-state index contributed by atoms with van der Waals surface area (Å²) in [6.45, 7) is 0. The fraction of sp³-hybridized carbons (Fsp3) is 0. The Balaban J connectivity index is 2.60. The molecule has 0 atom stereocenters. The van der Waals surface area contributed by atoms with Crippen LogP contribution in [0.15, 0.2) is 47.4 Å². The zero-order valence-corrected chi connectivity index (χ0v) is 9.11. The summed E-state index contributed by atoms with van der Waals surface area (Å²) in [6, 6.07) is 9.43. The first kappa shape index (κ1) is 10.4. The van der Waals surface area contributed by atoms with Crippen LogP contribution >= 0.6 is 0 Å². The number of nitro groups is 1. The van der Waals surface area contributed by atoms with Gasteiger partial charge in [0.05, 0.1) is 10.3 Å². The quantitative estimate of drug-likeness (QED) is 0.369. The summed E-state index contributed by atoms with van der Waals surface area (Å²) in [5, 5.41) is 11.2. The van der Waals surface area contributed by atoms with Crippen molar-refractivity contribution in [1.29, 1.82) is 0 Å². The molecule has 0 spiro atoms. The van der Waals surface area contributed by atoms with Crippen molar-refractivity contribution in [3.8, 4) is 0 Å². The Labute approximate surface area is 100 Å². The topological polar surface area (TPSA) is 77.5 Å². The molecule has 0 aliphatic rings. The minimum atomic E-state index is -0.534. The minimum Gasteiger partial charge on any atom is -0.268 e. The molecular weight excluding hydrogens is 234 g/mol. The third kappa shape index (κ3) is 1.36. The SMILES string of the molecule is O=c1c2cccc([N+](=O)[O-])c2nc2ccccn12. The summed E-state index contributed by atoms with van der Waals surface area (Å²) >= 11 is 0. The molecule has 1 aromatic carbocycles. The summed E-state index contributed by atoms with van der Waals surface area (Å²) in [6.07, 6.45) is 1.59. The molecule has 3 rings (SSSR count). The van der Waals surface area contributed by atoms with Crippen LogP contribution in [0, 0.1) is 10.1 Å². The maximum absolute atomic E-state index is 12.2. The molecule has 6 nitrogen and oxygen atoms in total. The molecule has 18 heavy (non-hydrogen) atoms. The molecule has 0 N–H and O–H groups in total. The van der Waals surface area contributed by atoms with Gasteiger partial charge in [0.15, 0.2) is 5.52 Å². The smallest absolute Gasteiger partial charge is 0.268 e. The maximum atomic E-state index is 12.2. The molecule has 6 heteroatoms. The van der Waals surface area contributed by atoms with Crippen LogP contribution in [0.2, 0.25) is 0 Å². The second-order valence-electron chi connectivity index (χ2n) is 3.78. The van der Waals surface area contributed by atoms with E-state index in [0.717, 1.165) is 0 Å². The number of hydrogen-bond acceptors (Lipinski definition) is 4. The average Bonchev–Trinajstić information content (AvgIpc) is 2.38. The predicted octanol–water partition coefficient (Wildman–Crippen LogP) is 1.76. The maximum Gasteiger partial charge on any atom is 0.295 e. The van der Waals surface area contributed by atoms with E-state index in [4.69, 9.17) is 0 Å². The van der Waals surface area contributed by atoms with E-state index >= 15 is 0 Å². The second-order valence-corrected chi connectivity index (χ2v) is 3.78. The highest BCUT2D eigenvalue weighted by molar-refractivity contribution is 5.87. The van der Waals surface area contributed by atoms with Gasteiger partial charge < -0.3 is 0 Å². The van der Waals surface area contributed by atoms with Crippen molar-refractivity contribution in [1.82, 2.24) is 9.38 Å². The number of hydrogen-bond donors (Lipinski definition) is 0. The molecule has 0 aliphatic carbocycles. The first-order valence-corrected chi connectivity index (χ1v) is 5.23. The lowest BCUT2D eigenvalue weighted by atomic mass is 10.2. The number of nitrogens with zero attached hydrogens (tertiary/aromatic N) is 3. The highest BCUT2D eigenvalue weighted by Crippen LogP contribution is 2.21. The van der Waals surface area contributed by atoms with Crippen LogP contribution in [0.1, 0.15) is 0 Å². The van der Waals surface area contributed by atoms with Gasteiger partial charge in [-0.25, -0.2) is 4.98 Å². The Morgan fingerprint density at radius 3 is 2.78 bits per heavy atom. The Kier molecular flexibility index (Phi) is 2.09. The van der Waals surface area contributed by atoms with Crippen molar-refractivity contribution >= 4 is 22.2 Å². The summed E-state index contributed by atoms with van der Waals surface area (Å²) in [5.74, 6) is 0. The van der Waals surface area contributed by atoms with E-state index in [0.29, 0.717) is 5.65 Å². The average molecular weight is 241 g/mol. The summed E-state index contributed by atoms with van der Waals surface area (Å²) < 4.78 is 1.37. The Bertz CT molecular complexity index is 839. The normalized spacial score (nSPS) is 10.9. The van der Waals surface area contributed by atoms with Gasteiger partial charge in [-0.2, -0.15) is 0 Å². The summed E-state index contributed by atoms with van der Waals surface area (Å²) in [4.78, 5) is 26.7. The van der Waals surface area contributed by atoms with Crippen LogP contribution in [-0.2, 0) is 0 Å². The van der Waals surface area contributed by atoms with E-state index in [1.165, 1.54) is 22.6 Å². The molecular formula is C12H7N3O3. The summed E-state index contributed by atoms with van der Waals surface area (Å²) in [7, 11) is 0. The van der Waals surface area contributed by atoms with Gasteiger partial charge in [-0.05, 0) is 18.2 Å². The van der Waals surface area contributed by atoms with Crippen LogP contribution < -0.4 is 5.56 Å². The highest BCUT2D eigenvalue weighted by atomic mass is 16.6. The van der Waals surface area contributed by atoms with Gasteiger partial charge in [-0.3, -0.25) is 19.3 Å². The zero-order chi connectivity index (χ0) is 12.7. The van der Waals surface area contributed by atoms with Crippen LogP contribution in [0.25, 0.3) is 16.6 Å². The lowest BCUT2D eigenvalue weighted by Crippen LogP contribution is -2.15. The van der Waals surface area contributed by atoms with Gasteiger partial charge >= 0.3 is 0 Å². The molecule has 0 bridgehead atoms. The Morgan fingerprint density at radius 2 is 2.00 bits per heavy atom. The van der Waals surface area contributed by atoms with Gasteiger partial charge in [0.1, 0.15) is 5.65 Å². The minimum absolute atomic E-state index is 0.124. The number of benzene rings is 1. The molecule has 2 heterocycles. The van der Waals surface area contributed by atoms with Crippen molar-refractivity contribution in [2.24, 2.45) is 0 Å². The van der Waals surface area contributed by atoms with Gasteiger partial charge in [-0.1, -0.05) is 12.1 Å². The molecule has 0 saturated carbocycles. The fourth-order valence-electron chi connectivity index (χ4n) is 1.91. The molecule has 0 unspecified atom stereocenters. The third-order valence-corrected chi connectivity index (χ3v) is 2.73. The van der Waals surface area contributed by atoms with Crippen LogP contribution in [0.4, 0.5) is 5.69 Å². The first-order valence-electron chi connectivity index (χ1n) is 5.23. The lowest BCUT2D eigenvalue weighted by molar-refractivity contribution is -0.383. The predicted molar refractivity (Wildman–Crippen MR) is 65.6 cm³/mol. The van der Waals surface area contributed by atoms with Gasteiger partial charge in [0.2, 0.25) is 0 Å². The third-order valence-electron chi connectivity index (χ3n) is 2.73. The number of pyridine rings is 1. The molecule has 0 fully saturated rings. The van der Waals surface area contributed by atoms with E-state index in [1.54, 1.807) is 24.4 Å². The van der Waals surface area contributed by atoms with E-state index in [1.807, 2.05) is 0 Å². The van der Waals surface area contributed by atoms with Crippen molar-refractivity contribution in [3.63, 3.8) is 0 Å². The molecule has 3 aromatic rings. The summed E-state index contributed by atoms with van der Waals surface area (Å²) in [5.41, 5.74) is 0.0539. The van der Waals surface area contributed by atoms with Crippen molar-refractivity contribution in [3.05, 3.63) is 63.1 Å². The van der Waals surface area contributed by atoms with Crippen LogP contribution in [-0.4, -0.2) is 14.3 Å². The van der Waals surface area contributed by atoms with Gasteiger partial charge in [0.25, 0.3) is 11.2 Å². The van der Waals surface area contributed by atoms with Crippen molar-refractivity contribution in [2.75, 3.05) is 0 Å². The van der Waals surface area contributed by atoms with Crippen LogP contribution in [0.5, 0.6) is 0 Å². The van der Waals surface area contributed by atoms with E-state index in [-0.39, 0.29) is 22.1 Å². The van der Waals surface area contributed by atoms with Crippen molar-refractivity contribution < 1.29 is 4.92 Å². The first-order chi connectivity index (χ1) is 8.68. The zero-order valence-electron chi connectivity index (χ0n) is 9.11. The molecule has 2 aromatic heterocycles. The van der Waals surface area contributed by atoms with E-state index < -0.39 is 4.92 Å². The molecule has 0 amide bonds. The number of non-ortho nitro benzene ring substituents is 1. The molecule has 88 valence electrons. The number of rotatable bonds is 1. The van der Waals surface area contributed by atoms with Crippen LogP contribution in [0.3, 0.4) is 0 Å². The van der Waals surface area contributed by atoms with E-state index in [2.05, 4.69) is 4.98 Å². The van der Waals surface area contributed by atoms with E-state index in [9.17, 15) is 14.9 Å². The Hall–Kier alpha value is -2.76. The fourth-order valence-corrected chi connectivity index (χ4v) is 1.91. The number of para-hydroxylation sites is 1. The van der Waals surface area contributed by atoms with Gasteiger partial charge in [0, 0.05) is 12.3 Å². The second kappa shape index (κ2) is 3.63. The Morgan fingerprint density at radius 1 is 1.17 bits per heavy atom. The monoisotopic (exact) mass is 241 g/mol. The molecule has 0 radical (unpaired) electrons. The number of fused-ring (bicyclic) bond motifs is 2. The lowest BCUT2D eigenvalue weighted by Gasteiger charge is -2.02. The van der Waals surface area contributed by atoms with Crippen molar-refractivity contribution in [2.45, 2.75) is 0 Å². The number of aromatic nitrogens is 2. The molecule has 0 saturated heterocycles. The largest absolute Gasteiger partial charge is 0.295 e. The molecule has 0 aliphatic heterocycles. The van der Waals surface area contributed by atoms with Gasteiger partial charge in [-0.15, -0.1) is 0 Å². The standard InChI is InChI=1S/C12H7N3O3/c16-12-8-4-3-5-9(15(17)18)11(8)13-10-6-1-2-7-14(10)12/h1-7H.